The summed E-state index contributed by atoms with van der Waals surface area (Å²) in [7, 11) is 5.23. The minimum atomic E-state index is -5.43. The van der Waals surface area contributed by atoms with Crippen LogP contribution in [0.3, 0.4) is 0 Å². The van der Waals surface area contributed by atoms with Crippen molar-refractivity contribution in [3.8, 4) is 0 Å². The third-order valence-corrected chi connectivity index (χ3v) is 2.62. The molecule has 2 radical (unpaired) electrons. The Balaban J connectivity index is 3.41. The molecule has 0 unspecified atom stereocenters. The number of hydrogen-bond donors (Lipinski definition) is 0. The number of alkyl halides is 6. The fraction of sp³-hybridized carbons (Fsp3) is 0.400. The average molecular weight is 252 g/mol. The van der Waals surface area contributed by atoms with Gasteiger partial charge in [0.05, 0.1) is 0 Å². The molecule has 17 heavy (non-hydrogen) atoms. The highest BCUT2D eigenvalue weighted by Crippen LogP contribution is 2.51. The van der Waals surface area contributed by atoms with Gasteiger partial charge < -0.3 is 0 Å². The van der Waals surface area contributed by atoms with Crippen LogP contribution in [0.5, 0.6) is 0 Å². The number of halogens is 6. The molecule has 0 saturated carbocycles. The minimum absolute atomic E-state index is 0.0976. The summed E-state index contributed by atoms with van der Waals surface area (Å²) in [4.78, 5) is 0. The van der Waals surface area contributed by atoms with Gasteiger partial charge in [0.15, 0.2) is 5.41 Å². The van der Waals surface area contributed by atoms with Crippen molar-refractivity contribution in [3.63, 3.8) is 0 Å². The quantitative estimate of drug-likeness (QED) is 0.532. The molecular formula is C10H7BF6. The number of rotatable bonds is 1. The molecule has 0 aliphatic rings. The molecule has 0 aliphatic carbocycles. The molecule has 0 bridgehead atoms. The van der Waals surface area contributed by atoms with Crippen LogP contribution in [0, 0.1) is 0 Å². The number of hydrogen-bond acceptors (Lipinski definition) is 0. The summed E-state index contributed by atoms with van der Waals surface area (Å²) in [6.07, 6.45) is -10.9. The van der Waals surface area contributed by atoms with Gasteiger partial charge in [-0.2, -0.15) is 26.3 Å². The zero-order chi connectivity index (χ0) is 13.5. The van der Waals surface area contributed by atoms with Crippen molar-refractivity contribution in [3.05, 3.63) is 29.8 Å². The Hall–Kier alpha value is -1.14. The minimum Gasteiger partial charge on any atom is -0.170 e. The van der Waals surface area contributed by atoms with E-state index in [-0.39, 0.29) is 12.4 Å². The van der Waals surface area contributed by atoms with E-state index < -0.39 is 23.3 Å². The van der Waals surface area contributed by atoms with E-state index in [1.807, 2.05) is 0 Å². The van der Waals surface area contributed by atoms with Crippen LogP contribution in [0.15, 0.2) is 24.3 Å². The van der Waals surface area contributed by atoms with E-state index in [0.29, 0.717) is 0 Å². The summed E-state index contributed by atoms with van der Waals surface area (Å²) in [5, 5.41) is 0. The lowest BCUT2D eigenvalue weighted by Gasteiger charge is -2.34. The molecule has 0 spiro atoms. The molecule has 0 atom stereocenters. The van der Waals surface area contributed by atoms with Gasteiger partial charge in [0.1, 0.15) is 7.85 Å². The first-order valence-electron chi connectivity index (χ1n) is 4.49. The molecule has 0 amide bonds. The Bertz CT molecular complexity index is 375. The smallest absolute Gasteiger partial charge is 0.170 e. The Kier molecular flexibility index (Phi) is 3.24. The third-order valence-electron chi connectivity index (χ3n) is 2.62. The average Bonchev–Trinajstić information content (AvgIpc) is 2.14. The van der Waals surface area contributed by atoms with Crippen LogP contribution < -0.4 is 5.46 Å². The van der Waals surface area contributed by atoms with Gasteiger partial charge >= 0.3 is 12.4 Å². The van der Waals surface area contributed by atoms with Gasteiger partial charge in [-0.25, -0.2) is 0 Å². The summed E-state index contributed by atoms with van der Waals surface area (Å²) in [6.45, 7) is 0.110. The van der Waals surface area contributed by atoms with Gasteiger partial charge in [-0.1, -0.05) is 29.7 Å². The summed E-state index contributed by atoms with van der Waals surface area (Å²) < 4.78 is 75.8. The second-order valence-electron chi connectivity index (χ2n) is 3.74. The summed E-state index contributed by atoms with van der Waals surface area (Å²) in [6, 6.07) is 3.47. The molecular weight excluding hydrogens is 245 g/mol. The van der Waals surface area contributed by atoms with Gasteiger partial charge in [-0.3, -0.25) is 0 Å². The van der Waals surface area contributed by atoms with Crippen LogP contribution in [0.2, 0.25) is 0 Å². The van der Waals surface area contributed by atoms with E-state index >= 15 is 0 Å². The van der Waals surface area contributed by atoms with E-state index in [1.54, 1.807) is 0 Å². The van der Waals surface area contributed by atoms with E-state index in [1.165, 1.54) is 0 Å². The van der Waals surface area contributed by atoms with Crippen LogP contribution in [-0.2, 0) is 5.41 Å². The van der Waals surface area contributed by atoms with Crippen molar-refractivity contribution >= 4 is 13.3 Å². The normalized spacial score (nSPS) is 13.8. The summed E-state index contributed by atoms with van der Waals surface area (Å²) in [5.74, 6) is 0. The largest absolute Gasteiger partial charge is 0.406 e. The Morgan fingerprint density at radius 3 is 1.47 bits per heavy atom. The molecule has 0 fully saturated rings. The van der Waals surface area contributed by atoms with E-state index in [4.69, 9.17) is 7.85 Å². The molecule has 1 rings (SSSR count). The van der Waals surface area contributed by atoms with Crippen LogP contribution >= 0.6 is 0 Å². The molecule has 0 aliphatic heterocycles. The van der Waals surface area contributed by atoms with Gasteiger partial charge in [0.25, 0.3) is 0 Å². The first kappa shape index (κ1) is 13.9. The standard InChI is InChI=1S/C10H7BF6/c1-8(9(12,13)14,10(15,16)17)6-2-4-7(11)5-3-6/h2-5H,1H3. The predicted octanol–water partition coefficient (Wildman–Crippen LogP) is 2.86. The van der Waals surface area contributed by atoms with E-state index in [2.05, 4.69) is 0 Å². The molecule has 0 nitrogen and oxygen atoms in total. The second-order valence-corrected chi connectivity index (χ2v) is 3.74. The van der Waals surface area contributed by atoms with Crippen molar-refractivity contribution in [1.82, 2.24) is 0 Å². The lowest BCUT2D eigenvalue weighted by Crippen LogP contribution is -2.51. The Morgan fingerprint density at radius 2 is 1.18 bits per heavy atom. The Labute approximate surface area is 95.0 Å². The summed E-state index contributed by atoms with van der Waals surface area (Å²) >= 11 is 0. The van der Waals surface area contributed by atoms with Crippen molar-refractivity contribution in [1.29, 1.82) is 0 Å². The van der Waals surface area contributed by atoms with E-state index in [9.17, 15) is 26.3 Å². The summed E-state index contributed by atoms with van der Waals surface area (Å²) in [5.41, 5.74) is -4.68. The van der Waals surface area contributed by atoms with Gasteiger partial charge in [-0.05, 0) is 12.5 Å². The van der Waals surface area contributed by atoms with Gasteiger partial charge in [-0.15, -0.1) is 0 Å². The topological polar surface area (TPSA) is 0 Å². The zero-order valence-corrected chi connectivity index (χ0v) is 8.65. The third kappa shape index (κ3) is 2.28. The highest BCUT2D eigenvalue weighted by Gasteiger charge is 2.68. The van der Waals surface area contributed by atoms with Crippen LogP contribution in [0.4, 0.5) is 26.3 Å². The lowest BCUT2D eigenvalue weighted by molar-refractivity contribution is -0.297. The SMILES string of the molecule is [B]c1ccc(C(C)(C(F)(F)F)C(F)(F)F)cc1. The van der Waals surface area contributed by atoms with E-state index in [0.717, 1.165) is 24.3 Å². The van der Waals surface area contributed by atoms with Crippen LogP contribution in [0.1, 0.15) is 12.5 Å². The maximum Gasteiger partial charge on any atom is 0.406 e. The molecule has 0 N–H and O–H groups in total. The fourth-order valence-corrected chi connectivity index (χ4v) is 1.30. The van der Waals surface area contributed by atoms with Crippen LogP contribution in [0.25, 0.3) is 0 Å². The maximum absolute atomic E-state index is 12.6. The molecule has 0 aromatic heterocycles. The van der Waals surface area contributed by atoms with Crippen molar-refractivity contribution in [2.24, 2.45) is 0 Å². The highest BCUT2D eigenvalue weighted by molar-refractivity contribution is 6.32. The molecule has 1 aromatic rings. The Morgan fingerprint density at radius 1 is 0.824 bits per heavy atom. The monoisotopic (exact) mass is 252 g/mol. The fourth-order valence-electron chi connectivity index (χ4n) is 1.30. The molecule has 92 valence electrons. The molecule has 1 aromatic carbocycles. The molecule has 7 heteroatoms. The molecule has 0 saturated heterocycles. The molecule has 0 heterocycles. The van der Waals surface area contributed by atoms with Crippen molar-refractivity contribution in [2.45, 2.75) is 24.7 Å². The predicted molar refractivity (Wildman–Crippen MR) is 51.3 cm³/mol. The van der Waals surface area contributed by atoms with Crippen molar-refractivity contribution < 1.29 is 26.3 Å². The zero-order valence-electron chi connectivity index (χ0n) is 8.65. The van der Waals surface area contributed by atoms with Gasteiger partial charge in [0.2, 0.25) is 0 Å². The first-order chi connectivity index (χ1) is 7.50. The van der Waals surface area contributed by atoms with Gasteiger partial charge in [0, 0.05) is 0 Å². The lowest BCUT2D eigenvalue weighted by atomic mass is 9.79. The van der Waals surface area contributed by atoms with Crippen LogP contribution in [-0.4, -0.2) is 20.2 Å². The highest BCUT2D eigenvalue weighted by atomic mass is 19.4. The van der Waals surface area contributed by atoms with Crippen molar-refractivity contribution in [2.75, 3.05) is 0 Å². The second kappa shape index (κ2) is 3.96. The number of benzene rings is 1. The first-order valence-corrected chi connectivity index (χ1v) is 4.49. The maximum atomic E-state index is 12.6.